The third-order valence-electron chi connectivity index (χ3n) is 4.32. The lowest BCUT2D eigenvalue weighted by molar-refractivity contribution is 0.251. The Bertz CT molecular complexity index is 1150. The van der Waals surface area contributed by atoms with Crippen LogP contribution in [0.4, 0.5) is 42.8 Å². The number of carbonyl (C=O) groups excluding carboxylic acids is 2. The van der Waals surface area contributed by atoms with E-state index < -0.39 is 5.82 Å². The highest BCUT2D eigenvalue weighted by Gasteiger charge is 2.15. The summed E-state index contributed by atoms with van der Waals surface area (Å²) in [7, 11) is 0. The summed E-state index contributed by atoms with van der Waals surface area (Å²) < 4.78 is 14.8. The molecule has 0 radical (unpaired) electrons. The molecule has 0 unspecified atom stereocenters. The summed E-state index contributed by atoms with van der Waals surface area (Å²) in [6.07, 6.45) is 0. The van der Waals surface area contributed by atoms with Crippen molar-refractivity contribution in [3.8, 4) is 11.3 Å². The van der Waals surface area contributed by atoms with Gasteiger partial charge in [0.05, 0.1) is 0 Å². The van der Waals surface area contributed by atoms with Crippen molar-refractivity contribution in [2.75, 3.05) is 34.8 Å². The maximum atomic E-state index is 14.8. The van der Waals surface area contributed by atoms with Crippen LogP contribution in [-0.4, -0.2) is 35.1 Å². The largest absolute Gasteiger partial charge is 0.381 e. The second kappa shape index (κ2) is 10.8. The quantitative estimate of drug-likeness (QED) is 0.321. The molecule has 0 atom stereocenters. The van der Waals surface area contributed by atoms with E-state index in [-0.39, 0.29) is 29.5 Å². The molecule has 33 heavy (non-hydrogen) atoms. The number of aromatic nitrogens is 2. The molecular formula is C22H25FN8O2. The Hall–Kier alpha value is -4.41. The van der Waals surface area contributed by atoms with Crippen LogP contribution in [0.1, 0.15) is 13.8 Å². The Kier molecular flexibility index (Phi) is 7.58. The molecule has 1 heterocycles. The zero-order valence-corrected chi connectivity index (χ0v) is 18.2. The van der Waals surface area contributed by atoms with Gasteiger partial charge < -0.3 is 32.3 Å². The van der Waals surface area contributed by atoms with Gasteiger partial charge in [-0.1, -0.05) is 18.2 Å². The first-order valence-corrected chi connectivity index (χ1v) is 10.3. The van der Waals surface area contributed by atoms with E-state index >= 15 is 0 Å². The monoisotopic (exact) mass is 452 g/mol. The maximum absolute atomic E-state index is 14.8. The second-order valence-corrected chi connectivity index (χ2v) is 6.85. The SMILES string of the molecule is CCNC(=O)Nc1cccc(Nc2nc(N)c(F)c(-c3cccc(NC(=O)NCC)c3)n2)c1. The molecule has 172 valence electrons. The molecular weight excluding hydrogens is 427 g/mol. The van der Waals surface area contributed by atoms with Gasteiger partial charge in [0.15, 0.2) is 11.6 Å². The number of nitrogens with two attached hydrogens (primary N) is 1. The fourth-order valence-electron chi connectivity index (χ4n) is 2.93. The summed E-state index contributed by atoms with van der Waals surface area (Å²) in [5, 5.41) is 13.6. The van der Waals surface area contributed by atoms with Crippen molar-refractivity contribution in [2.45, 2.75) is 13.8 Å². The smallest absolute Gasteiger partial charge is 0.319 e. The predicted molar refractivity (Wildman–Crippen MR) is 127 cm³/mol. The summed E-state index contributed by atoms with van der Waals surface area (Å²) >= 11 is 0. The summed E-state index contributed by atoms with van der Waals surface area (Å²) in [5.41, 5.74) is 7.75. The molecule has 4 amide bonds. The zero-order chi connectivity index (χ0) is 23.8. The number of anilines is 5. The number of hydrogen-bond acceptors (Lipinski definition) is 6. The lowest BCUT2D eigenvalue weighted by Crippen LogP contribution is -2.28. The maximum Gasteiger partial charge on any atom is 0.319 e. The van der Waals surface area contributed by atoms with Gasteiger partial charge in [0.2, 0.25) is 5.95 Å². The number of urea groups is 2. The van der Waals surface area contributed by atoms with Crippen molar-refractivity contribution in [3.63, 3.8) is 0 Å². The Labute approximate surface area is 190 Å². The van der Waals surface area contributed by atoms with E-state index in [0.717, 1.165) is 0 Å². The van der Waals surface area contributed by atoms with E-state index in [9.17, 15) is 14.0 Å². The van der Waals surface area contributed by atoms with Gasteiger partial charge in [-0.25, -0.2) is 19.0 Å². The molecule has 0 aliphatic heterocycles. The highest BCUT2D eigenvalue weighted by molar-refractivity contribution is 5.90. The second-order valence-electron chi connectivity index (χ2n) is 6.85. The molecule has 3 aromatic rings. The molecule has 10 nitrogen and oxygen atoms in total. The third kappa shape index (κ3) is 6.29. The lowest BCUT2D eigenvalue weighted by atomic mass is 10.1. The fourth-order valence-corrected chi connectivity index (χ4v) is 2.93. The van der Waals surface area contributed by atoms with Gasteiger partial charge in [0.1, 0.15) is 5.69 Å². The number of benzene rings is 2. The predicted octanol–water partition coefficient (Wildman–Crippen LogP) is 3.89. The summed E-state index contributed by atoms with van der Waals surface area (Å²) in [6, 6.07) is 12.7. The first kappa shape index (κ1) is 23.3. The van der Waals surface area contributed by atoms with Gasteiger partial charge in [-0.3, -0.25) is 0 Å². The van der Waals surface area contributed by atoms with Crippen molar-refractivity contribution >= 4 is 40.9 Å². The van der Waals surface area contributed by atoms with Crippen LogP contribution in [-0.2, 0) is 0 Å². The average molecular weight is 452 g/mol. The van der Waals surface area contributed by atoms with Crippen LogP contribution in [0.15, 0.2) is 48.5 Å². The topological polar surface area (TPSA) is 146 Å². The van der Waals surface area contributed by atoms with Gasteiger partial charge in [-0.05, 0) is 44.2 Å². The van der Waals surface area contributed by atoms with Crippen LogP contribution in [0.2, 0.25) is 0 Å². The van der Waals surface area contributed by atoms with Gasteiger partial charge >= 0.3 is 12.1 Å². The van der Waals surface area contributed by atoms with Crippen LogP contribution in [0, 0.1) is 5.82 Å². The van der Waals surface area contributed by atoms with Gasteiger partial charge in [0.25, 0.3) is 0 Å². The normalized spacial score (nSPS) is 10.3. The number of halogens is 1. The van der Waals surface area contributed by atoms with Gasteiger partial charge in [-0.15, -0.1) is 0 Å². The highest BCUT2D eigenvalue weighted by Crippen LogP contribution is 2.28. The third-order valence-corrected chi connectivity index (χ3v) is 4.32. The molecule has 0 spiro atoms. The molecule has 0 saturated carbocycles. The van der Waals surface area contributed by atoms with Crippen molar-refractivity contribution in [1.29, 1.82) is 0 Å². The van der Waals surface area contributed by atoms with Crippen LogP contribution in [0.25, 0.3) is 11.3 Å². The number of nitrogens with one attached hydrogen (secondary N) is 5. The molecule has 0 fully saturated rings. The fraction of sp³-hybridized carbons (Fsp3) is 0.182. The number of rotatable bonds is 7. The minimum Gasteiger partial charge on any atom is -0.381 e. The van der Waals surface area contributed by atoms with E-state index in [1.54, 1.807) is 55.5 Å². The van der Waals surface area contributed by atoms with Crippen LogP contribution < -0.4 is 32.3 Å². The van der Waals surface area contributed by atoms with E-state index in [0.29, 0.717) is 35.7 Å². The van der Waals surface area contributed by atoms with E-state index in [1.807, 2.05) is 6.92 Å². The summed E-state index contributed by atoms with van der Waals surface area (Å²) in [5.74, 6) is -1.04. The van der Waals surface area contributed by atoms with Crippen LogP contribution in [0.5, 0.6) is 0 Å². The zero-order valence-electron chi connectivity index (χ0n) is 18.2. The van der Waals surface area contributed by atoms with Crippen molar-refractivity contribution in [3.05, 3.63) is 54.3 Å². The molecule has 3 rings (SSSR count). The number of nitrogens with zero attached hydrogens (tertiary/aromatic N) is 2. The van der Waals surface area contributed by atoms with E-state index in [2.05, 4.69) is 36.6 Å². The minimum atomic E-state index is -0.776. The van der Waals surface area contributed by atoms with Crippen LogP contribution >= 0.6 is 0 Å². The highest BCUT2D eigenvalue weighted by atomic mass is 19.1. The number of amides is 4. The minimum absolute atomic E-state index is 0.0267. The Morgan fingerprint density at radius 1 is 0.879 bits per heavy atom. The van der Waals surface area contributed by atoms with Crippen molar-refractivity contribution in [2.24, 2.45) is 0 Å². The first-order chi connectivity index (χ1) is 15.9. The summed E-state index contributed by atoms with van der Waals surface area (Å²) in [4.78, 5) is 31.8. The standard InChI is InChI=1S/C22H25FN8O2/c1-3-25-21(32)28-14-8-5-7-13(11-14)18-17(23)19(24)31-20(30-18)27-15-9-6-10-16(12-15)29-22(33)26-4-2/h5-12H,3-4H2,1-2H3,(H2,25,28,32)(H2,26,29,33)(H3,24,27,30,31). The van der Waals surface area contributed by atoms with Crippen molar-refractivity contribution in [1.82, 2.24) is 20.6 Å². The Balaban J connectivity index is 1.86. The first-order valence-electron chi connectivity index (χ1n) is 10.3. The van der Waals surface area contributed by atoms with Gasteiger partial charge in [0, 0.05) is 35.7 Å². The van der Waals surface area contributed by atoms with Crippen molar-refractivity contribution < 1.29 is 14.0 Å². The van der Waals surface area contributed by atoms with Gasteiger partial charge in [-0.2, -0.15) is 4.98 Å². The number of carbonyl (C=O) groups is 2. The Morgan fingerprint density at radius 2 is 1.45 bits per heavy atom. The molecule has 0 aliphatic rings. The van der Waals surface area contributed by atoms with Crippen LogP contribution in [0.3, 0.4) is 0 Å². The van der Waals surface area contributed by atoms with E-state index in [4.69, 9.17) is 5.73 Å². The lowest BCUT2D eigenvalue weighted by Gasteiger charge is -2.12. The molecule has 0 aliphatic carbocycles. The molecule has 11 heteroatoms. The molecule has 7 N–H and O–H groups in total. The average Bonchev–Trinajstić information content (AvgIpc) is 2.77. The van der Waals surface area contributed by atoms with E-state index in [1.165, 1.54) is 0 Å². The molecule has 0 saturated heterocycles. The Morgan fingerprint density at radius 3 is 2.09 bits per heavy atom. The number of hydrogen-bond donors (Lipinski definition) is 6. The summed E-state index contributed by atoms with van der Waals surface area (Å²) in [6.45, 7) is 4.58. The molecule has 2 aromatic carbocycles. The number of nitrogen functional groups attached to an aromatic ring is 1. The molecule has 0 bridgehead atoms. The molecule has 1 aromatic heterocycles.